The SMILES string of the molecule is CC(=O)OC[C@H]1OC23OP2(=O)[C@]3(OC(C)=O)[C@@H](OC(C)=O)[C@@H]1OC(C)=O. The molecule has 0 aromatic heterocycles. The zero-order chi connectivity index (χ0) is 19.5. The third kappa shape index (κ3) is 2.38. The van der Waals surface area contributed by atoms with Crippen LogP contribution >= 0.6 is 7.37 Å². The Balaban J connectivity index is 1.99. The number of carbonyl (C=O) groups is 4. The van der Waals surface area contributed by atoms with Gasteiger partial charge in [0.15, 0.2) is 12.2 Å². The van der Waals surface area contributed by atoms with Gasteiger partial charge in [0.05, 0.1) is 0 Å². The molecule has 3 heterocycles. The molecule has 3 rings (SSSR count). The third-order valence-electron chi connectivity index (χ3n) is 4.15. The predicted octanol–water partition coefficient (Wildman–Crippen LogP) is 0.0468. The van der Waals surface area contributed by atoms with Gasteiger partial charge >= 0.3 is 36.8 Å². The van der Waals surface area contributed by atoms with Crippen LogP contribution in [0.3, 0.4) is 0 Å². The summed E-state index contributed by atoms with van der Waals surface area (Å²) in [7, 11) is -3.64. The highest BCUT2D eigenvalue weighted by Crippen LogP contribution is 3.08. The number of fused-ring (bicyclic) bond motifs is 1. The van der Waals surface area contributed by atoms with Crippen LogP contribution in [0, 0.1) is 0 Å². The molecule has 3 aliphatic heterocycles. The van der Waals surface area contributed by atoms with Crippen LogP contribution in [0.25, 0.3) is 0 Å². The zero-order valence-corrected chi connectivity index (χ0v) is 15.3. The summed E-state index contributed by atoms with van der Waals surface area (Å²) in [5.41, 5.74) is -1.78. The highest BCUT2D eigenvalue weighted by molar-refractivity contribution is 7.77. The second kappa shape index (κ2) is 5.77. The van der Waals surface area contributed by atoms with Crippen LogP contribution in [0.4, 0.5) is 0 Å². The van der Waals surface area contributed by atoms with Crippen molar-refractivity contribution in [2.24, 2.45) is 0 Å². The molecule has 0 aromatic carbocycles. The molecule has 6 atom stereocenters. The molecule has 0 amide bonds. The van der Waals surface area contributed by atoms with Gasteiger partial charge in [-0.1, -0.05) is 0 Å². The zero-order valence-electron chi connectivity index (χ0n) is 14.4. The molecule has 0 saturated carbocycles. The second-order valence-electron chi connectivity index (χ2n) is 6.08. The van der Waals surface area contributed by atoms with E-state index in [4.69, 9.17) is 28.2 Å². The average molecular weight is 392 g/mol. The van der Waals surface area contributed by atoms with Crippen LogP contribution in [0.15, 0.2) is 0 Å². The molecule has 1 spiro atoms. The van der Waals surface area contributed by atoms with Crippen molar-refractivity contribution < 1.29 is 52.0 Å². The minimum Gasteiger partial charge on any atom is -0.463 e. The molecule has 0 aliphatic carbocycles. The lowest BCUT2D eigenvalue weighted by Crippen LogP contribution is -2.63. The largest absolute Gasteiger partial charge is 0.463 e. The van der Waals surface area contributed by atoms with E-state index in [0.717, 1.165) is 27.7 Å². The first kappa shape index (κ1) is 18.8. The summed E-state index contributed by atoms with van der Waals surface area (Å²) >= 11 is 0. The fraction of sp³-hybridized carbons (Fsp3) is 0.714. The summed E-state index contributed by atoms with van der Waals surface area (Å²) in [6.45, 7) is 4.03. The summed E-state index contributed by atoms with van der Waals surface area (Å²) in [5.74, 6) is -2.99. The molecule has 0 N–H and O–H groups in total. The molecule has 12 heteroatoms. The van der Waals surface area contributed by atoms with Gasteiger partial charge in [0.1, 0.15) is 12.7 Å². The fourth-order valence-corrected chi connectivity index (χ4v) is 6.32. The van der Waals surface area contributed by atoms with E-state index in [1.807, 2.05) is 0 Å². The Morgan fingerprint density at radius 3 is 2.04 bits per heavy atom. The molecular formula is C14H17O11P. The molecule has 11 nitrogen and oxygen atoms in total. The van der Waals surface area contributed by atoms with Gasteiger partial charge in [-0.15, -0.1) is 0 Å². The number of hydrogen-bond acceptors (Lipinski definition) is 11. The predicted molar refractivity (Wildman–Crippen MR) is 78.5 cm³/mol. The maximum atomic E-state index is 12.9. The number of carbonyl (C=O) groups excluding carboxylic acids is 4. The normalized spacial score (nSPS) is 41.8. The summed E-state index contributed by atoms with van der Waals surface area (Å²) in [6.07, 6.45) is -3.92. The highest BCUT2D eigenvalue weighted by Gasteiger charge is 3.14. The first-order valence-electron chi connectivity index (χ1n) is 7.67. The summed E-state index contributed by atoms with van der Waals surface area (Å²) in [4.78, 5) is 45.7. The first-order chi connectivity index (χ1) is 12.0. The Hall–Kier alpha value is -1.97. The molecule has 3 fully saturated rings. The van der Waals surface area contributed by atoms with Gasteiger partial charge in [0, 0.05) is 27.7 Å². The van der Waals surface area contributed by atoms with Gasteiger partial charge in [-0.3, -0.25) is 28.3 Å². The van der Waals surface area contributed by atoms with Crippen molar-refractivity contribution in [2.45, 2.75) is 56.9 Å². The van der Waals surface area contributed by atoms with E-state index < -0.39 is 60.4 Å². The minimum atomic E-state index is -3.64. The molecule has 3 aliphatic rings. The molecule has 144 valence electrons. The monoisotopic (exact) mass is 392 g/mol. The van der Waals surface area contributed by atoms with E-state index in [1.54, 1.807) is 0 Å². The second-order valence-corrected chi connectivity index (χ2v) is 8.62. The van der Waals surface area contributed by atoms with Crippen LogP contribution < -0.4 is 0 Å². The van der Waals surface area contributed by atoms with Crippen LogP contribution in [0.2, 0.25) is 0 Å². The van der Waals surface area contributed by atoms with Crippen molar-refractivity contribution in [3.63, 3.8) is 0 Å². The molecule has 26 heavy (non-hydrogen) atoms. The van der Waals surface area contributed by atoms with E-state index in [9.17, 15) is 23.7 Å². The fourth-order valence-electron chi connectivity index (χ4n) is 3.24. The van der Waals surface area contributed by atoms with E-state index >= 15 is 0 Å². The van der Waals surface area contributed by atoms with Gasteiger partial charge in [0.2, 0.25) is 0 Å². The summed E-state index contributed by atoms with van der Waals surface area (Å²) in [6, 6.07) is 0. The molecule has 0 radical (unpaired) electrons. The first-order valence-corrected chi connectivity index (χ1v) is 9.29. The van der Waals surface area contributed by atoms with Gasteiger partial charge < -0.3 is 23.7 Å². The lowest BCUT2D eigenvalue weighted by molar-refractivity contribution is -0.285. The summed E-state index contributed by atoms with van der Waals surface area (Å²) in [5, 5.41) is -1.88. The standard InChI is InChI=1S/C14H17O11P/c1-6(15)20-5-10-11(21-7(2)16)12(22-8(3)17)13(23-9(4)18)14(24-10)25-26(13,14)19/h10-12H,5H2,1-4H3/t10-,11-,12+,13-,14?,26?/m1/s1. The Kier molecular flexibility index (Phi) is 4.17. The van der Waals surface area contributed by atoms with Gasteiger partial charge in [-0.25, -0.2) is 0 Å². The van der Waals surface area contributed by atoms with Crippen molar-refractivity contribution in [3.05, 3.63) is 0 Å². The van der Waals surface area contributed by atoms with Gasteiger partial charge in [-0.2, -0.15) is 0 Å². The van der Waals surface area contributed by atoms with Crippen molar-refractivity contribution >= 4 is 31.2 Å². The lowest BCUT2D eigenvalue weighted by atomic mass is 9.98. The maximum absolute atomic E-state index is 12.9. The molecule has 0 aromatic rings. The lowest BCUT2D eigenvalue weighted by Gasteiger charge is -2.41. The van der Waals surface area contributed by atoms with E-state index in [0.29, 0.717) is 0 Å². The summed E-state index contributed by atoms with van der Waals surface area (Å²) < 4.78 is 43.9. The van der Waals surface area contributed by atoms with Crippen LogP contribution in [0.1, 0.15) is 27.7 Å². The van der Waals surface area contributed by atoms with Crippen LogP contribution in [-0.4, -0.2) is 59.7 Å². The van der Waals surface area contributed by atoms with Gasteiger partial charge in [0.25, 0.3) is 5.34 Å². The number of ether oxygens (including phenoxy) is 5. The minimum absolute atomic E-state index is 0.383. The van der Waals surface area contributed by atoms with E-state index in [-0.39, 0.29) is 6.61 Å². The quantitative estimate of drug-likeness (QED) is 0.271. The smallest absolute Gasteiger partial charge is 0.322 e. The average Bonchev–Trinajstić information content (AvgIpc) is 3.24. The van der Waals surface area contributed by atoms with Crippen molar-refractivity contribution in [2.75, 3.05) is 6.61 Å². The van der Waals surface area contributed by atoms with E-state index in [1.165, 1.54) is 0 Å². The topological polar surface area (TPSA) is 144 Å². The molecule has 0 bridgehead atoms. The number of hydrogen-bond donors (Lipinski definition) is 0. The Morgan fingerprint density at radius 1 is 0.962 bits per heavy atom. The Morgan fingerprint density at radius 2 is 1.58 bits per heavy atom. The Bertz CT molecular complexity index is 747. The van der Waals surface area contributed by atoms with Crippen molar-refractivity contribution in [1.29, 1.82) is 0 Å². The number of esters is 4. The number of rotatable bonds is 5. The van der Waals surface area contributed by atoms with Crippen LogP contribution in [-0.2, 0) is 52.0 Å². The molecule has 2 unspecified atom stereocenters. The molecule has 3 saturated heterocycles. The molecular weight excluding hydrogens is 375 g/mol. The highest BCUT2D eigenvalue weighted by atomic mass is 31.2. The van der Waals surface area contributed by atoms with Crippen molar-refractivity contribution in [3.8, 4) is 0 Å². The van der Waals surface area contributed by atoms with Gasteiger partial charge in [-0.05, 0) is 0 Å². The third-order valence-corrected chi connectivity index (χ3v) is 7.10. The van der Waals surface area contributed by atoms with Crippen LogP contribution in [0.5, 0.6) is 0 Å². The maximum Gasteiger partial charge on any atom is 0.322 e. The Labute approximate surface area is 147 Å². The van der Waals surface area contributed by atoms with E-state index in [2.05, 4.69) is 0 Å². The van der Waals surface area contributed by atoms with Crippen molar-refractivity contribution in [1.82, 2.24) is 0 Å².